The van der Waals surface area contributed by atoms with Crippen LogP contribution in [0.2, 0.25) is 0 Å². The Morgan fingerprint density at radius 2 is 1.92 bits per heavy atom. The Hall–Kier alpha value is -2.30. The van der Waals surface area contributed by atoms with E-state index in [2.05, 4.69) is 48.6 Å². The normalized spacial score (nSPS) is 16.2. The van der Waals surface area contributed by atoms with Crippen molar-refractivity contribution in [2.75, 3.05) is 13.7 Å². The Labute approximate surface area is 158 Å². The van der Waals surface area contributed by atoms with E-state index in [0.717, 1.165) is 30.0 Å². The molecule has 0 saturated heterocycles. The van der Waals surface area contributed by atoms with Crippen LogP contribution < -0.4 is 14.8 Å². The van der Waals surface area contributed by atoms with Gasteiger partial charge in [-0.05, 0) is 54.3 Å². The average molecular weight is 365 g/mol. The molecule has 0 amide bonds. The third kappa shape index (κ3) is 3.48. The van der Waals surface area contributed by atoms with Crippen LogP contribution >= 0.6 is 11.3 Å². The number of aryl methyl sites for hydroxylation is 1. The zero-order chi connectivity index (χ0) is 17.9. The van der Waals surface area contributed by atoms with Crippen LogP contribution in [-0.2, 0) is 13.0 Å². The summed E-state index contributed by atoms with van der Waals surface area (Å²) in [6.07, 6.45) is 1.01. The molecule has 2 heterocycles. The lowest BCUT2D eigenvalue weighted by atomic mass is 9.92. The van der Waals surface area contributed by atoms with E-state index in [0.29, 0.717) is 6.61 Å². The van der Waals surface area contributed by atoms with Crippen molar-refractivity contribution < 1.29 is 9.47 Å². The smallest absolute Gasteiger partial charge is 0.162 e. The number of ether oxygens (including phenoxy) is 2. The minimum atomic E-state index is 0.224. The summed E-state index contributed by atoms with van der Waals surface area (Å²) in [5.41, 5.74) is 3.78. The first-order chi connectivity index (χ1) is 12.7. The summed E-state index contributed by atoms with van der Waals surface area (Å²) in [6.45, 7) is 3.66. The van der Waals surface area contributed by atoms with Crippen molar-refractivity contribution in [1.82, 2.24) is 5.32 Å². The zero-order valence-corrected chi connectivity index (χ0v) is 15.9. The average Bonchev–Trinajstić information content (AvgIpc) is 3.12. The van der Waals surface area contributed by atoms with Gasteiger partial charge in [-0.25, -0.2) is 0 Å². The molecule has 1 aliphatic rings. The highest BCUT2D eigenvalue weighted by Crippen LogP contribution is 2.39. The summed E-state index contributed by atoms with van der Waals surface area (Å²) in [6, 6.07) is 19.2. The van der Waals surface area contributed by atoms with Crippen LogP contribution in [0.5, 0.6) is 11.5 Å². The highest BCUT2D eigenvalue weighted by atomic mass is 32.1. The van der Waals surface area contributed by atoms with Crippen molar-refractivity contribution in [3.8, 4) is 11.5 Å². The first-order valence-electron chi connectivity index (χ1n) is 8.92. The summed E-state index contributed by atoms with van der Waals surface area (Å²) in [5.74, 6) is 1.61. The second-order valence-electron chi connectivity index (χ2n) is 6.56. The minimum absolute atomic E-state index is 0.224. The van der Waals surface area contributed by atoms with E-state index >= 15 is 0 Å². The van der Waals surface area contributed by atoms with Gasteiger partial charge >= 0.3 is 0 Å². The predicted molar refractivity (Wildman–Crippen MR) is 106 cm³/mol. The molecular weight excluding hydrogens is 342 g/mol. The molecule has 1 aliphatic heterocycles. The van der Waals surface area contributed by atoms with E-state index < -0.39 is 0 Å². The Morgan fingerprint density at radius 1 is 1.08 bits per heavy atom. The van der Waals surface area contributed by atoms with Crippen molar-refractivity contribution in [3.05, 3.63) is 81.0 Å². The second-order valence-corrected chi connectivity index (χ2v) is 7.88. The molecule has 1 aromatic heterocycles. The molecule has 134 valence electrons. The molecule has 4 rings (SSSR count). The number of hydrogen-bond donors (Lipinski definition) is 1. The van der Waals surface area contributed by atoms with E-state index in [1.54, 1.807) is 7.11 Å². The van der Waals surface area contributed by atoms with Crippen LogP contribution in [0.3, 0.4) is 0 Å². The van der Waals surface area contributed by atoms with Crippen LogP contribution in [0.1, 0.15) is 32.5 Å². The number of methoxy groups -OCH3 is 1. The molecule has 1 unspecified atom stereocenters. The van der Waals surface area contributed by atoms with Crippen molar-refractivity contribution in [2.24, 2.45) is 0 Å². The first kappa shape index (κ1) is 17.1. The number of thiophene rings is 1. The topological polar surface area (TPSA) is 30.5 Å². The number of hydrogen-bond acceptors (Lipinski definition) is 4. The lowest BCUT2D eigenvalue weighted by molar-refractivity contribution is 0.283. The Bertz CT molecular complexity index is 888. The molecule has 0 aliphatic carbocycles. The number of fused-ring (bicyclic) bond motifs is 1. The summed E-state index contributed by atoms with van der Waals surface area (Å²) >= 11 is 1.85. The second kappa shape index (κ2) is 7.52. The fraction of sp³-hybridized carbons (Fsp3) is 0.273. The van der Waals surface area contributed by atoms with Crippen LogP contribution in [0, 0.1) is 6.92 Å². The molecule has 26 heavy (non-hydrogen) atoms. The van der Waals surface area contributed by atoms with Crippen LogP contribution in [-0.4, -0.2) is 13.7 Å². The maximum absolute atomic E-state index is 6.12. The van der Waals surface area contributed by atoms with Crippen molar-refractivity contribution in [1.29, 1.82) is 0 Å². The van der Waals surface area contributed by atoms with Gasteiger partial charge in [-0.2, -0.15) is 0 Å². The molecule has 0 radical (unpaired) electrons. The Balaban J connectivity index is 1.66. The molecule has 0 spiro atoms. The van der Waals surface area contributed by atoms with Gasteiger partial charge in [0.1, 0.15) is 6.61 Å². The maximum atomic E-state index is 6.12. The lowest BCUT2D eigenvalue weighted by Gasteiger charge is -2.27. The predicted octanol–water partition coefficient (Wildman–Crippen LogP) is 4.88. The highest BCUT2D eigenvalue weighted by molar-refractivity contribution is 7.12. The van der Waals surface area contributed by atoms with E-state index in [9.17, 15) is 0 Å². The Kier molecular flexibility index (Phi) is 4.96. The SMILES string of the molecule is COc1cc2c(cc1OCc1ccccc1)C(c1ccc(C)s1)NCC2. The molecule has 4 heteroatoms. The zero-order valence-electron chi connectivity index (χ0n) is 15.1. The van der Waals surface area contributed by atoms with E-state index in [4.69, 9.17) is 9.47 Å². The van der Waals surface area contributed by atoms with Crippen molar-refractivity contribution in [3.63, 3.8) is 0 Å². The van der Waals surface area contributed by atoms with Crippen LogP contribution in [0.15, 0.2) is 54.6 Å². The van der Waals surface area contributed by atoms with Gasteiger partial charge in [0.05, 0.1) is 13.2 Å². The quantitative estimate of drug-likeness (QED) is 0.699. The summed E-state index contributed by atoms with van der Waals surface area (Å²) in [5, 5.41) is 3.66. The monoisotopic (exact) mass is 365 g/mol. The maximum Gasteiger partial charge on any atom is 0.162 e. The van der Waals surface area contributed by atoms with E-state index in [1.807, 2.05) is 29.5 Å². The van der Waals surface area contributed by atoms with Crippen LogP contribution in [0.25, 0.3) is 0 Å². The van der Waals surface area contributed by atoms with Gasteiger partial charge in [0.15, 0.2) is 11.5 Å². The molecule has 3 nitrogen and oxygen atoms in total. The highest BCUT2D eigenvalue weighted by Gasteiger charge is 2.25. The number of benzene rings is 2. The first-order valence-corrected chi connectivity index (χ1v) is 9.73. The molecule has 0 bridgehead atoms. The van der Waals surface area contributed by atoms with Gasteiger partial charge in [-0.3, -0.25) is 0 Å². The van der Waals surface area contributed by atoms with Gasteiger partial charge < -0.3 is 14.8 Å². The summed E-state index contributed by atoms with van der Waals surface area (Å²) in [7, 11) is 1.71. The third-order valence-electron chi connectivity index (χ3n) is 4.76. The van der Waals surface area contributed by atoms with Crippen molar-refractivity contribution >= 4 is 11.3 Å². The molecule has 3 aromatic rings. The van der Waals surface area contributed by atoms with Gasteiger partial charge in [0.2, 0.25) is 0 Å². The van der Waals surface area contributed by atoms with Gasteiger partial charge in [-0.15, -0.1) is 11.3 Å². The number of nitrogens with one attached hydrogen (secondary N) is 1. The molecule has 0 saturated carbocycles. The molecule has 1 N–H and O–H groups in total. The summed E-state index contributed by atoms with van der Waals surface area (Å²) in [4.78, 5) is 2.69. The fourth-order valence-electron chi connectivity index (χ4n) is 3.43. The molecule has 0 fully saturated rings. The molecular formula is C22H23NO2S. The lowest BCUT2D eigenvalue weighted by Crippen LogP contribution is -2.30. The summed E-state index contributed by atoms with van der Waals surface area (Å²) < 4.78 is 11.7. The fourth-order valence-corrected chi connectivity index (χ4v) is 4.41. The standard InChI is InChI=1S/C22H23NO2S/c1-15-8-9-21(26-15)22-18-13-20(25-14-16-6-4-3-5-7-16)19(24-2)12-17(18)10-11-23-22/h3-9,12-13,22-23H,10-11,14H2,1-2H3. The minimum Gasteiger partial charge on any atom is -0.493 e. The molecule has 2 aromatic carbocycles. The third-order valence-corrected chi connectivity index (χ3v) is 5.83. The molecule has 1 atom stereocenters. The Morgan fingerprint density at radius 3 is 2.65 bits per heavy atom. The number of rotatable bonds is 5. The van der Waals surface area contributed by atoms with Gasteiger partial charge in [0, 0.05) is 16.3 Å². The van der Waals surface area contributed by atoms with Crippen molar-refractivity contribution in [2.45, 2.75) is 26.0 Å². The van der Waals surface area contributed by atoms with E-state index in [-0.39, 0.29) is 6.04 Å². The van der Waals surface area contributed by atoms with Gasteiger partial charge in [-0.1, -0.05) is 30.3 Å². The van der Waals surface area contributed by atoms with Gasteiger partial charge in [0.25, 0.3) is 0 Å². The largest absolute Gasteiger partial charge is 0.493 e. The van der Waals surface area contributed by atoms with E-state index in [1.165, 1.54) is 20.9 Å². The van der Waals surface area contributed by atoms with Crippen LogP contribution in [0.4, 0.5) is 0 Å².